The van der Waals surface area contributed by atoms with Gasteiger partial charge in [-0.3, -0.25) is 4.79 Å². The van der Waals surface area contributed by atoms with Gasteiger partial charge in [-0.25, -0.2) is 9.13 Å². The van der Waals surface area contributed by atoms with E-state index in [-0.39, 0.29) is 6.42 Å². The Hall–Kier alpha value is -1.79. The highest BCUT2D eigenvalue weighted by Crippen LogP contribution is 2.23. The summed E-state index contributed by atoms with van der Waals surface area (Å²) < 4.78 is 41.2. The van der Waals surface area contributed by atoms with Gasteiger partial charge in [-0.05, 0) is 32.1 Å². The minimum absolute atomic E-state index is 0.0520. The fourth-order valence-corrected chi connectivity index (χ4v) is 5.15. The number of aliphatic hydroxyl groups is 1. The Kier molecular flexibility index (Phi) is 21.6. The van der Waals surface area contributed by atoms with E-state index in [0.29, 0.717) is 12.5 Å². The highest BCUT2D eigenvalue weighted by molar-refractivity contribution is 5.90. The Balaban J connectivity index is 1.89. The summed E-state index contributed by atoms with van der Waals surface area (Å²) in [5.74, 6) is -2.47. The van der Waals surface area contributed by atoms with Crippen LogP contribution in [0.15, 0.2) is 30.6 Å². The van der Waals surface area contributed by atoms with Gasteiger partial charge in [0, 0.05) is 12.5 Å². The van der Waals surface area contributed by atoms with Crippen molar-refractivity contribution in [2.75, 3.05) is 0 Å². The standard InChI is InChI=1S/C33H57F3N2O2/c1-2-3-4-5-6-7-8-9-10-11-13-16-19-22-25-37-27-28-38(30-37)26-23-20-17-14-12-15-18-21-24-31(39)29-32(40)33(34,35)36/h27-30H,2-26H2,1H3/p+1. The lowest BCUT2D eigenvalue weighted by Gasteiger charge is -2.04. The number of aliphatic hydroxyl groups excluding tert-OH is 1. The molecule has 40 heavy (non-hydrogen) atoms. The Bertz CT molecular complexity index is 774. The summed E-state index contributed by atoms with van der Waals surface area (Å²) in [5.41, 5.74) is 0. The number of hydrogen-bond acceptors (Lipinski definition) is 2. The molecule has 0 atom stereocenters. The molecule has 0 bridgehead atoms. The number of carbonyl (C=O) groups is 1. The Morgan fingerprint density at radius 3 is 1.68 bits per heavy atom. The van der Waals surface area contributed by atoms with Crippen LogP contribution in [-0.2, 0) is 17.9 Å². The number of halogens is 3. The van der Waals surface area contributed by atoms with Crippen LogP contribution in [0.5, 0.6) is 0 Å². The second-order valence-electron chi connectivity index (χ2n) is 11.6. The second kappa shape index (κ2) is 23.9. The molecule has 4 nitrogen and oxygen atoms in total. The smallest absolute Gasteiger partial charge is 0.448 e. The zero-order chi connectivity index (χ0) is 29.3. The van der Waals surface area contributed by atoms with E-state index in [4.69, 9.17) is 5.11 Å². The van der Waals surface area contributed by atoms with Crippen LogP contribution in [0.1, 0.15) is 155 Å². The topological polar surface area (TPSA) is 46.1 Å². The summed E-state index contributed by atoms with van der Waals surface area (Å²) in [6.07, 6.45) is 29.7. The monoisotopic (exact) mass is 571 g/mol. The largest absolute Gasteiger partial charge is 0.504 e. The molecule has 0 aliphatic rings. The van der Waals surface area contributed by atoms with Crippen LogP contribution >= 0.6 is 0 Å². The maximum atomic E-state index is 12.2. The van der Waals surface area contributed by atoms with E-state index >= 15 is 0 Å². The van der Waals surface area contributed by atoms with Gasteiger partial charge in [0.25, 0.3) is 0 Å². The predicted octanol–water partition coefficient (Wildman–Crippen LogP) is 10.3. The van der Waals surface area contributed by atoms with Gasteiger partial charge in [-0.2, -0.15) is 13.2 Å². The molecule has 0 saturated carbocycles. The van der Waals surface area contributed by atoms with E-state index in [2.05, 4.69) is 34.8 Å². The molecule has 0 amide bonds. The number of aromatic nitrogens is 2. The number of aryl methyl sites for hydroxylation is 2. The van der Waals surface area contributed by atoms with E-state index < -0.39 is 17.7 Å². The molecule has 7 heteroatoms. The molecule has 0 fully saturated rings. The summed E-state index contributed by atoms with van der Waals surface area (Å²) in [6, 6.07) is 0. The average molecular weight is 572 g/mol. The number of ketones is 1. The summed E-state index contributed by atoms with van der Waals surface area (Å²) in [6.45, 7) is 4.43. The van der Waals surface area contributed by atoms with Crippen LogP contribution in [0.2, 0.25) is 0 Å². The molecule has 1 N–H and O–H groups in total. The van der Waals surface area contributed by atoms with Crippen LogP contribution in [0.25, 0.3) is 0 Å². The van der Waals surface area contributed by atoms with Crippen LogP contribution in [-0.4, -0.2) is 21.6 Å². The third kappa shape index (κ3) is 21.0. The average Bonchev–Trinajstić information content (AvgIpc) is 3.37. The summed E-state index contributed by atoms with van der Waals surface area (Å²) >= 11 is 0. The maximum Gasteiger partial charge on any atom is 0.448 e. The van der Waals surface area contributed by atoms with Crippen LogP contribution in [0.4, 0.5) is 13.2 Å². The highest BCUT2D eigenvalue weighted by Gasteiger charge is 2.34. The minimum atomic E-state index is -4.84. The molecule has 0 unspecified atom stereocenters. The molecule has 0 spiro atoms. The van der Waals surface area contributed by atoms with Crippen molar-refractivity contribution in [3.8, 4) is 0 Å². The lowest BCUT2D eigenvalue weighted by atomic mass is 10.0. The first-order valence-electron chi connectivity index (χ1n) is 16.4. The van der Waals surface area contributed by atoms with Crippen molar-refractivity contribution in [1.29, 1.82) is 0 Å². The van der Waals surface area contributed by atoms with Gasteiger partial charge in [0.05, 0.1) is 13.1 Å². The van der Waals surface area contributed by atoms with Gasteiger partial charge >= 0.3 is 6.18 Å². The number of rotatable bonds is 27. The third-order valence-electron chi connectivity index (χ3n) is 7.69. The molecule has 0 radical (unpaired) electrons. The Morgan fingerprint density at radius 1 is 0.725 bits per heavy atom. The van der Waals surface area contributed by atoms with Gasteiger partial charge in [0.2, 0.25) is 12.1 Å². The van der Waals surface area contributed by atoms with E-state index in [1.54, 1.807) is 0 Å². The molecule has 0 aromatic carbocycles. The summed E-state index contributed by atoms with van der Waals surface area (Å²) in [7, 11) is 0. The van der Waals surface area contributed by atoms with Gasteiger partial charge < -0.3 is 5.11 Å². The second-order valence-corrected chi connectivity index (χ2v) is 11.6. The highest BCUT2D eigenvalue weighted by atomic mass is 19.4. The van der Waals surface area contributed by atoms with E-state index in [1.807, 2.05) is 0 Å². The zero-order valence-electron chi connectivity index (χ0n) is 25.4. The zero-order valence-corrected chi connectivity index (χ0v) is 25.4. The molecule has 1 rings (SSSR count). The number of nitrogens with zero attached hydrogens (tertiary/aromatic N) is 2. The lowest BCUT2D eigenvalue weighted by Crippen LogP contribution is -2.30. The minimum Gasteiger partial charge on any atom is -0.504 e. The molecule has 0 saturated heterocycles. The number of hydrogen-bond donors (Lipinski definition) is 1. The van der Waals surface area contributed by atoms with Crippen LogP contribution < -0.4 is 4.57 Å². The maximum absolute atomic E-state index is 12.2. The quantitative estimate of drug-likeness (QED) is 0.0494. The molecule has 0 aliphatic carbocycles. The van der Waals surface area contributed by atoms with Gasteiger partial charge in [-0.15, -0.1) is 0 Å². The number of allylic oxidation sites excluding steroid dienone is 2. The van der Waals surface area contributed by atoms with Crippen LogP contribution in [0.3, 0.4) is 0 Å². The molecular weight excluding hydrogens is 513 g/mol. The fraction of sp³-hybridized carbons (Fsp3) is 0.818. The molecule has 232 valence electrons. The molecule has 1 heterocycles. The van der Waals surface area contributed by atoms with Crippen molar-refractivity contribution in [3.63, 3.8) is 0 Å². The molecule has 1 aromatic rings. The summed E-state index contributed by atoms with van der Waals surface area (Å²) in [4.78, 5) is 11.4. The first-order chi connectivity index (χ1) is 19.3. The SMILES string of the molecule is CCCCCCCCCCCCCCCC[n+]1ccn(CCCCCCCCCCC(=O)C=C(O)C(F)(F)F)c1. The first-order valence-corrected chi connectivity index (χ1v) is 16.4. The normalized spacial score (nSPS) is 12.3. The van der Waals surface area contributed by atoms with Crippen molar-refractivity contribution in [3.05, 3.63) is 30.6 Å². The van der Waals surface area contributed by atoms with Gasteiger partial charge in [0.15, 0.2) is 5.78 Å². The van der Waals surface area contributed by atoms with Crippen molar-refractivity contribution in [2.45, 2.75) is 174 Å². The molecular formula is C33H58F3N2O2+. The first kappa shape index (κ1) is 36.2. The van der Waals surface area contributed by atoms with Crippen LogP contribution in [0, 0.1) is 0 Å². The molecule has 0 aliphatic heterocycles. The third-order valence-corrected chi connectivity index (χ3v) is 7.69. The van der Waals surface area contributed by atoms with Crippen molar-refractivity contribution in [1.82, 2.24) is 4.57 Å². The number of imidazole rings is 1. The van der Waals surface area contributed by atoms with Crippen molar-refractivity contribution < 1.29 is 27.6 Å². The van der Waals surface area contributed by atoms with Crippen molar-refractivity contribution >= 4 is 5.78 Å². The lowest BCUT2D eigenvalue weighted by molar-refractivity contribution is -0.696. The summed E-state index contributed by atoms with van der Waals surface area (Å²) in [5, 5.41) is 8.80. The Labute approximate surface area is 242 Å². The number of carbonyl (C=O) groups excluding carboxylic acids is 1. The van der Waals surface area contributed by atoms with E-state index in [9.17, 15) is 18.0 Å². The van der Waals surface area contributed by atoms with Crippen molar-refractivity contribution in [2.24, 2.45) is 0 Å². The number of unbranched alkanes of at least 4 members (excludes halogenated alkanes) is 20. The fourth-order valence-electron chi connectivity index (χ4n) is 5.15. The predicted molar refractivity (Wildman–Crippen MR) is 158 cm³/mol. The molecule has 1 aromatic heterocycles. The van der Waals surface area contributed by atoms with Gasteiger partial charge in [0.1, 0.15) is 12.4 Å². The van der Waals surface area contributed by atoms with E-state index in [0.717, 1.165) is 45.2 Å². The number of alkyl halides is 3. The Morgan fingerprint density at radius 2 is 1.18 bits per heavy atom. The van der Waals surface area contributed by atoms with E-state index in [1.165, 1.54) is 103 Å². The van der Waals surface area contributed by atoms with Gasteiger partial charge in [-0.1, -0.05) is 116 Å².